The minimum atomic E-state index is -0.503. The van der Waals surface area contributed by atoms with Gasteiger partial charge in [-0.3, -0.25) is 4.90 Å². The van der Waals surface area contributed by atoms with Gasteiger partial charge in [-0.1, -0.05) is 38.5 Å². The Morgan fingerprint density at radius 3 is 2.62 bits per heavy atom. The van der Waals surface area contributed by atoms with Crippen molar-refractivity contribution in [3.63, 3.8) is 0 Å². The van der Waals surface area contributed by atoms with Gasteiger partial charge in [-0.15, -0.1) is 0 Å². The summed E-state index contributed by atoms with van der Waals surface area (Å²) >= 11 is 0. The highest BCUT2D eigenvalue weighted by atomic mass is 16.5. The Balaban J connectivity index is 2.37. The predicted molar refractivity (Wildman–Crippen MR) is 86.8 cm³/mol. The standard InChI is InChI=1S/C18H29NO2/c1-6-8-12-19(5)17-15(20)14-11-9-10-13(7-2)16(14)21-18(17,3)4/h9-11,15,17,20H,6-8,12H2,1-5H3. The van der Waals surface area contributed by atoms with E-state index >= 15 is 0 Å². The second-order valence-corrected chi connectivity index (χ2v) is 6.62. The number of unbranched alkanes of at least 4 members (excludes halogenated alkanes) is 1. The van der Waals surface area contributed by atoms with Crippen molar-refractivity contribution in [1.29, 1.82) is 0 Å². The van der Waals surface area contributed by atoms with Crippen LogP contribution in [0, 0.1) is 0 Å². The lowest BCUT2D eigenvalue weighted by atomic mass is 9.84. The van der Waals surface area contributed by atoms with E-state index in [-0.39, 0.29) is 6.04 Å². The van der Waals surface area contributed by atoms with Crippen LogP contribution in [0.2, 0.25) is 0 Å². The monoisotopic (exact) mass is 291 g/mol. The predicted octanol–water partition coefficient (Wildman–Crippen LogP) is 3.55. The van der Waals surface area contributed by atoms with Crippen LogP contribution in [0.3, 0.4) is 0 Å². The normalized spacial score (nSPS) is 23.8. The molecule has 0 aromatic heterocycles. The van der Waals surface area contributed by atoms with E-state index in [1.165, 1.54) is 5.56 Å². The number of para-hydroxylation sites is 1. The number of rotatable bonds is 5. The van der Waals surface area contributed by atoms with Gasteiger partial charge in [0.05, 0.1) is 6.04 Å². The van der Waals surface area contributed by atoms with Gasteiger partial charge in [-0.2, -0.15) is 0 Å². The Bertz CT molecular complexity index is 484. The molecule has 1 aliphatic heterocycles. The molecule has 1 aromatic rings. The van der Waals surface area contributed by atoms with Crippen LogP contribution < -0.4 is 4.74 Å². The number of aliphatic hydroxyl groups excluding tert-OH is 1. The molecule has 21 heavy (non-hydrogen) atoms. The van der Waals surface area contributed by atoms with Crippen molar-refractivity contribution in [1.82, 2.24) is 4.90 Å². The SMILES string of the molecule is CCCCN(C)C1C(O)c2cccc(CC)c2OC1(C)C. The van der Waals surface area contributed by atoms with E-state index in [0.29, 0.717) is 0 Å². The highest BCUT2D eigenvalue weighted by molar-refractivity contribution is 5.46. The van der Waals surface area contributed by atoms with Crippen molar-refractivity contribution in [3.8, 4) is 5.75 Å². The maximum absolute atomic E-state index is 10.9. The summed E-state index contributed by atoms with van der Waals surface area (Å²) in [5.41, 5.74) is 1.71. The number of benzene rings is 1. The third-order valence-corrected chi connectivity index (χ3v) is 4.54. The van der Waals surface area contributed by atoms with Crippen molar-refractivity contribution < 1.29 is 9.84 Å². The van der Waals surface area contributed by atoms with E-state index in [4.69, 9.17) is 4.74 Å². The number of likely N-dealkylation sites (N-methyl/N-ethyl adjacent to an activating group) is 1. The largest absolute Gasteiger partial charge is 0.485 e. The molecule has 1 aliphatic rings. The van der Waals surface area contributed by atoms with Crippen molar-refractivity contribution >= 4 is 0 Å². The summed E-state index contributed by atoms with van der Waals surface area (Å²) in [6, 6.07) is 6.08. The number of aliphatic hydroxyl groups is 1. The second kappa shape index (κ2) is 6.37. The first-order valence-electron chi connectivity index (χ1n) is 8.11. The van der Waals surface area contributed by atoms with Crippen LogP contribution in [-0.2, 0) is 6.42 Å². The highest BCUT2D eigenvalue weighted by Gasteiger charge is 2.45. The van der Waals surface area contributed by atoms with Crippen LogP contribution in [0.5, 0.6) is 5.75 Å². The van der Waals surface area contributed by atoms with Crippen molar-refractivity contribution in [3.05, 3.63) is 29.3 Å². The van der Waals surface area contributed by atoms with Crippen molar-refractivity contribution in [2.45, 2.75) is 64.7 Å². The molecule has 1 N–H and O–H groups in total. The summed E-state index contributed by atoms with van der Waals surface area (Å²) in [7, 11) is 2.09. The quantitative estimate of drug-likeness (QED) is 0.900. The fourth-order valence-electron chi connectivity index (χ4n) is 3.43. The lowest BCUT2D eigenvalue weighted by Gasteiger charge is -2.47. The lowest BCUT2D eigenvalue weighted by Crippen LogP contribution is -2.57. The Labute approximate surface area is 128 Å². The minimum absolute atomic E-state index is 0.0244. The number of hydrogen-bond donors (Lipinski definition) is 1. The summed E-state index contributed by atoms with van der Waals surface area (Å²) in [6.45, 7) is 9.46. The Kier molecular flexibility index (Phi) is 4.95. The first-order valence-corrected chi connectivity index (χ1v) is 8.11. The molecular weight excluding hydrogens is 262 g/mol. The maximum atomic E-state index is 10.9. The fraction of sp³-hybridized carbons (Fsp3) is 0.667. The highest BCUT2D eigenvalue weighted by Crippen LogP contribution is 2.43. The van der Waals surface area contributed by atoms with Crippen LogP contribution in [0.25, 0.3) is 0 Å². The molecule has 0 amide bonds. The minimum Gasteiger partial charge on any atom is -0.485 e. The smallest absolute Gasteiger partial charge is 0.129 e. The molecule has 0 radical (unpaired) electrons. The van der Waals surface area contributed by atoms with Crippen LogP contribution >= 0.6 is 0 Å². The molecule has 2 rings (SSSR count). The topological polar surface area (TPSA) is 32.7 Å². The number of ether oxygens (including phenoxy) is 1. The molecule has 0 spiro atoms. The van der Waals surface area contributed by atoms with E-state index in [1.54, 1.807) is 0 Å². The van der Waals surface area contributed by atoms with Crippen molar-refractivity contribution in [2.75, 3.05) is 13.6 Å². The third-order valence-electron chi connectivity index (χ3n) is 4.54. The average molecular weight is 291 g/mol. The average Bonchev–Trinajstić information content (AvgIpc) is 2.43. The molecule has 0 saturated carbocycles. The van der Waals surface area contributed by atoms with E-state index in [2.05, 4.69) is 45.7 Å². The van der Waals surface area contributed by atoms with Gasteiger partial charge >= 0.3 is 0 Å². The van der Waals surface area contributed by atoms with E-state index in [1.807, 2.05) is 12.1 Å². The molecule has 0 saturated heterocycles. The molecule has 0 bridgehead atoms. The lowest BCUT2D eigenvalue weighted by molar-refractivity contribution is -0.0754. The number of fused-ring (bicyclic) bond motifs is 1. The van der Waals surface area contributed by atoms with Gasteiger partial charge in [-0.25, -0.2) is 0 Å². The van der Waals surface area contributed by atoms with Gasteiger partial charge in [-0.05, 0) is 45.8 Å². The Hall–Kier alpha value is -1.06. The van der Waals surface area contributed by atoms with Gasteiger partial charge in [0.1, 0.15) is 17.5 Å². The van der Waals surface area contributed by atoms with E-state index in [9.17, 15) is 5.11 Å². The summed E-state index contributed by atoms with van der Waals surface area (Å²) in [6.07, 6.45) is 2.71. The van der Waals surface area contributed by atoms with Gasteiger partial charge in [0.2, 0.25) is 0 Å². The van der Waals surface area contributed by atoms with Crippen LogP contribution in [0.4, 0.5) is 0 Å². The molecule has 1 heterocycles. The summed E-state index contributed by atoms with van der Waals surface area (Å²) < 4.78 is 6.32. The molecule has 2 atom stereocenters. The summed E-state index contributed by atoms with van der Waals surface area (Å²) in [5.74, 6) is 0.887. The van der Waals surface area contributed by atoms with Gasteiger partial charge < -0.3 is 9.84 Å². The molecular formula is C18H29NO2. The molecule has 3 heteroatoms. The molecule has 2 unspecified atom stereocenters. The Morgan fingerprint density at radius 1 is 1.29 bits per heavy atom. The number of aryl methyl sites for hydroxylation is 1. The number of hydrogen-bond acceptors (Lipinski definition) is 3. The van der Waals surface area contributed by atoms with Crippen molar-refractivity contribution in [2.24, 2.45) is 0 Å². The van der Waals surface area contributed by atoms with Gasteiger partial charge in [0.15, 0.2) is 0 Å². The summed E-state index contributed by atoms with van der Waals surface area (Å²) in [4.78, 5) is 2.25. The molecule has 118 valence electrons. The molecule has 1 aromatic carbocycles. The molecule has 0 aliphatic carbocycles. The van der Waals surface area contributed by atoms with E-state index in [0.717, 1.165) is 37.1 Å². The Morgan fingerprint density at radius 2 is 2.00 bits per heavy atom. The first-order chi connectivity index (χ1) is 9.92. The zero-order valence-corrected chi connectivity index (χ0v) is 14.0. The summed E-state index contributed by atoms with van der Waals surface area (Å²) in [5, 5.41) is 10.9. The third kappa shape index (κ3) is 3.09. The zero-order valence-electron chi connectivity index (χ0n) is 14.0. The van der Waals surface area contributed by atoms with E-state index < -0.39 is 11.7 Å². The van der Waals surface area contributed by atoms with Gasteiger partial charge in [0.25, 0.3) is 0 Å². The van der Waals surface area contributed by atoms with Crippen LogP contribution in [0.1, 0.15) is 57.8 Å². The second-order valence-electron chi connectivity index (χ2n) is 6.62. The van der Waals surface area contributed by atoms with Crippen LogP contribution in [-0.4, -0.2) is 35.2 Å². The van der Waals surface area contributed by atoms with Crippen LogP contribution in [0.15, 0.2) is 18.2 Å². The number of nitrogens with zero attached hydrogens (tertiary/aromatic N) is 1. The fourth-order valence-corrected chi connectivity index (χ4v) is 3.43. The molecule has 3 nitrogen and oxygen atoms in total. The maximum Gasteiger partial charge on any atom is 0.129 e. The molecule has 0 fully saturated rings. The first kappa shape index (κ1) is 16.3. The zero-order chi connectivity index (χ0) is 15.6. The van der Waals surface area contributed by atoms with Gasteiger partial charge in [0, 0.05) is 5.56 Å².